The van der Waals surface area contributed by atoms with Crippen LogP contribution in [0.25, 0.3) is 0 Å². The summed E-state index contributed by atoms with van der Waals surface area (Å²) >= 11 is 3.45. The van der Waals surface area contributed by atoms with Crippen LogP contribution in [0.1, 0.15) is 47.2 Å². The van der Waals surface area contributed by atoms with Gasteiger partial charge < -0.3 is 19.5 Å². The quantitative estimate of drug-likeness (QED) is 0.142. The number of anilines is 1. The third kappa shape index (κ3) is 6.21. The van der Waals surface area contributed by atoms with Crippen LogP contribution in [-0.2, 0) is 16.7 Å². The molecule has 40 heavy (non-hydrogen) atoms. The number of aliphatic hydroxyl groups is 1. The minimum Gasteiger partial charge on any atom is -0.497 e. The normalized spacial score (nSPS) is 17.3. The van der Waals surface area contributed by atoms with E-state index in [1.165, 1.54) is 17.7 Å². The van der Waals surface area contributed by atoms with E-state index in [0.717, 1.165) is 33.5 Å². The summed E-state index contributed by atoms with van der Waals surface area (Å²) in [5.74, 6) is 0.774. The Hall–Kier alpha value is -3.68. The minimum atomic E-state index is -0.713. The highest BCUT2D eigenvalue weighted by Crippen LogP contribution is 2.46. The van der Waals surface area contributed by atoms with Crippen molar-refractivity contribution < 1.29 is 23.8 Å². The topological polar surface area (TPSA) is 59.0 Å². The van der Waals surface area contributed by atoms with Crippen LogP contribution in [-0.4, -0.2) is 18.1 Å². The van der Waals surface area contributed by atoms with Gasteiger partial charge in [0.15, 0.2) is 0 Å². The van der Waals surface area contributed by atoms with Crippen molar-refractivity contribution in [3.8, 4) is 11.5 Å². The Morgan fingerprint density at radius 2 is 1.50 bits per heavy atom. The Morgan fingerprint density at radius 3 is 2.12 bits per heavy atom. The number of carbonyl (C=O) groups is 1. The predicted molar refractivity (Wildman–Crippen MR) is 157 cm³/mol. The first kappa shape index (κ1) is 27.9. The molecule has 4 aromatic carbocycles. The van der Waals surface area contributed by atoms with E-state index in [2.05, 4.69) is 28.1 Å². The number of β-lactam (4-membered cyclic amide) rings is 1. The number of carbonyl (C=O) groups excluding carboxylic acids is 1. The summed E-state index contributed by atoms with van der Waals surface area (Å²) in [6.45, 7) is 0.464. The zero-order valence-corrected chi connectivity index (χ0v) is 23.8. The third-order valence-electron chi connectivity index (χ3n) is 7.37. The number of rotatable bonds is 11. The molecule has 0 saturated carbocycles. The molecular formula is C33H31BrFNO4. The van der Waals surface area contributed by atoms with Gasteiger partial charge in [0.1, 0.15) is 23.9 Å². The van der Waals surface area contributed by atoms with Crippen molar-refractivity contribution in [3.63, 3.8) is 0 Å². The molecule has 4 aromatic rings. The van der Waals surface area contributed by atoms with Gasteiger partial charge in [-0.1, -0.05) is 64.5 Å². The lowest BCUT2D eigenvalue weighted by molar-refractivity contribution is -0.131. The molecule has 1 fully saturated rings. The van der Waals surface area contributed by atoms with E-state index in [1.54, 1.807) is 24.1 Å². The molecule has 0 aliphatic carbocycles. The highest BCUT2D eigenvalue weighted by Gasteiger charge is 2.48. The molecule has 0 aromatic heterocycles. The molecule has 1 saturated heterocycles. The van der Waals surface area contributed by atoms with Gasteiger partial charge in [-0.15, -0.1) is 0 Å². The highest BCUT2D eigenvalue weighted by molar-refractivity contribution is 9.08. The van der Waals surface area contributed by atoms with Crippen LogP contribution >= 0.6 is 15.9 Å². The molecule has 3 unspecified atom stereocenters. The van der Waals surface area contributed by atoms with Crippen LogP contribution in [0, 0.1) is 11.7 Å². The van der Waals surface area contributed by atoms with E-state index >= 15 is 0 Å². The lowest BCUT2D eigenvalue weighted by Gasteiger charge is -2.48. The van der Waals surface area contributed by atoms with Gasteiger partial charge in [0, 0.05) is 11.0 Å². The van der Waals surface area contributed by atoms with Crippen LogP contribution < -0.4 is 14.4 Å². The molecule has 1 aliphatic rings. The Bertz CT molecular complexity index is 1410. The first-order valence-corrected chi connectivity index (χ1v) is 14.4. The maximum Gasteiger partial charge on any atom is 0.233 e. The standard InChI is InChI=1S/C33H31BrFNO4/c1-39-28-14-8-25(9-15-28)32-30(33(38)36(32)27-12-10-26(35)11-13-27)18-19-31(37)24-6-16-29(17-7-24)40-21-23-4-2-22(20-34)3-5-23/h2-17,30-32,37H,18-21H2,1H3. The second kappa shape index (κ2) is 12.7. The van der Waals surface area contributed by atoms with E-state index in [9.17, 15) is 14.3 Å². The van der Waals surface area contributed by atoms with E-state index in [4.69, 9.17) is 9.47 Å². The fourth-order valence-corrected chi connectivity index (χ4v) is 5.46. The number of amides is 1. The average Bonchev–Trinajstić information content (AvgIpc) is 3.00. The number of hydrogen-bond acceptors (Lipinski definition) is 4. The largest absolute Gasteiger partial charge is 0.497 e. The summed E-state index contributed by atoms with van der Waals surface area (Å²) in [6, 6.07) is 29.1. The maximum absolute atomic E-state index is 13.5. The molecule has 0 spiro atoms. The third-order valence-corrected chi connectivity index (χ3v) is 8.02. The zero-order valence-electron chi connectivity index (χ0n) is 22.2. The Balaban J connectivity index is 1.22. The van der Waals surface area contributed by atoms with Gasteiger partial charge in [-0.2, -0.15) is 0 Å². The van der Waals surface area contributed by atoms with Gasteiger partial charge in [0.25, 0.3) is 0 Å². The molecule has 0 radical (unpaired) electrons. The van der Waals surface area contributed by atoms with Crippen LogP contribution in [0.15, 0.2) is 97.1 Å². The first-order valence-electron chi connectivity index (χ1n) is 13.2. The number of aliphatic hydroxyl groups excluding tert-OH is 1. The van der Waals surface area contributed by atoms with Gasteiger partial charge in [-0.25, -0.2) is 4.39 Å². The molecule has 5 nitrogen and oxygen atoms in total. The zero-order chi connectivity index (χ0) is 28.1. The van der Waals surface area contributed by atoms with E-state index < -0.39 is 6.10 Å². The van der Waals surface area contributed by atoms with Crippen molar-refractivity contribution in [2.45, 2.75) is 36.9 Å². The fourth-order valence-electron chi connectivity index (χ4n) is 5.08. The first-order chi connectivity index (χ1) is 19.5. The number of alkyl halides is 1. The Kier molecular flexibility index (Phi) is 8.82. The summed E-state index contributed by atoms with van der Waals surface area (Å²) in [7, 11) is 1.61. The Labute approximate surface area is 242 Å². The van der Waals surface area contributed by atoms with E-state index in [-0.39, 0.29) is 23.7 Å². The van der Waals surface area contributed by atoms with E-state index in [1.807, 2.05) is 60.7 Å². The van der Waals surface area contributed by atoms with Gasteiger partial charge in [-0.3, -0.25) is 4.79 Å². The van der Waals surface area contributed by atoms with Crippen molar-refractivity contribution >= 4 is 27.5 Å². The summed E-state index contributed by atoms with van der Waals surface area (Å²) in [5.41, 5.74) is 4.69. The maximum atomic E-state index is 13.5. The summed E-state index contributed by atoms with van der Waals surface area (Å²) in [4.78, 5) is 15.0. The number of halogens is 2. The van der Waals surface area contributed by atoms with Gasteiger partial charge in [-0.05, 0) is 83.6 Å². The smallest absolute Gasteiger partial charge is 0.233 e. The van der Waals surface area contributed by atoms with Crippen LogP contribution in [0.5, 0.6) is 11.5 Å². The second-order valence-electron chi connectivity index (χ2n) is 9.91. The van der Waals surface area contributed by atoms with Crippen LogP contribution in [0.2, 0.25) is 0 Å². The average molecular weight is 605 g/mol. The van der Waals surface area contributed by atoms with Crippen LogP contribution in [0.3, 0.4) is 0 Å². The minimum absolute atomic E-state index is 0.0347. The second-order valence-corrected chi connectivity index (χ2v) is 10.5. The molecular weight excluding hydrogens is 573 g/mol. The van der Waals surface area contributed by atoms with Crippen molar-refractivity contribution in [1.29, 1.82) is 0 Å². The molecule has 1 heterocycles. The number of hydrogen-bond donors (Lipinski definition) is 1. The van der Waals surface area contributed by atoms with Crippen molar-refractivity contribution in [3.05, 3.63) is 125 Å². The van der Waals surface area contributed by atoms with Crippen molar-refractivity contribution in [1.82, 2.24) is 0 Å². The van der Waals surface area contributed by atoms with Crippen molar-refractivity contribution in [2.75, 3.05) is 12.0 Å². The number of ether oxygens (including phenoxy) is 2. The molecule has 206 valence electrons. The molecule has 3 atom stereocenters. The predicted octanol–water partition coefficient (Wildman–Crippen LogP) is 7.53. The summed E-state index contributed by atoms with van der Waals surface area (Å²) < 4.78 is 24.7. The fraction of sp³-hybridized carbons (Fsp3) is 0.242. The van der Waals surface area contributed by atoms with Gasteiger partial charge >= 0.3 is 0 Å². The van der Waals surface area contributed by atoms with Gasteiger partial charge in [0.05, 0.1) is 25.2 Å². The lowest BCUT2D eigenvalue weighted by atomic mass is 9.78. The molecule has 1 aliphatic heterocycles. The monoisotopic (exact) mass is 603 g/mol. The number of nitrogens with zero attached hydrogens (tertiary/aromatic N) is 1. The van der Waals surface area contributed by atoms with Crippen LogP contribution in [0.4, 0.5) is 10.1 Å². The molecule has 0 bridgehead atoms. The highest BCUT2D eigenvalue weighted by atomic mass is 79.9. The summed E-state index contributed by atoms with van der Waals surface area (Å²) in [5, 5.41) is 11.8. The number of methoxy groups -OCH3 is 1. The molecule has 7 heteroatoms. The number of benzene rings is 4. The molecule has 1 N–H and O–H groups in total. The Morgan fingerprint density at radius 1 is 0.875 bits per heavy atom. The molecule has 5 rings (SSSR count). The summed E-state index contributed by atoms with van der Waals surface area (Å²) in [6.07, 6.45) is 0.229. The SMILES string of the molecule is COc1ccc(C2C(CCC(O)c3ccc(OCc4ccc(CBr)cc4)cc3)C(=O)N2c2ccc(F)cc2)cc1. The van der Waals surface area contributed by atoms with Crippen molar-refractivity contribution in [2.24, 2.45) is 5.92 Å². The van der Waals surface area contributed by atoms with Gasteiger partial charge in [0.2, 0.25) is 5.91 Å². The van der Waals surface area contributed by atoms with E-state index in [0.29, 0.717) is 25.1 Å². The molecule has 1 amide bonds. The lowest BCUT2D eigenvalue weighted by Crippen LogP contribution is -2.55.